The molecule has 0 bridgehead atoms. The first-order valence-electron chi connectivity index (χ1n) is 4.86. The summed E-state index contributed by atoms with van der Waals surface area (Å²) >= 11 is 0. The summed E-state index contributed by atoms with van der Waals surface area (Å²) in [6.45, 7) is 0. The molecule has 0 saturated carbocycles. The molecule has 0 radical (unpaired) electrons. The van der Waals surface area contributed by atoms with Crippen LogP contribution in [0.4, 0.5) is 8.78 Å². The molecule has 0 heterocycles. The van der Waals surface area contributed by atoms with E-state index >= 15 is 0 Å². The molecule has 0 aliphatic heterocycles. The van der Waals surface area contributed by atoms with E-state index in [1.165, 1.54) is 24.3 Å². The van der Waals surface area contributed by atoms with E-state index in [0.29, 0.717) is 12.0 Å². The normalized spacial score (nSPS) is 12.8. The van der Waals surface area contributed by atoms with Gasteiger partial charge in [0, 0.05) is 18.0 Å². The highest BCUT2D eigenvalue weighted by Crippen LogP contribution is 2.22. The fraction of sp³-hybridized carbons (Fsp3) is 0.364. The maximum atomic E-state index is 12.2. The largest absolute Gasteiger partial charge is 0.481 e. The van der Waals surface area contributed by atoms with Crippen molar-refractivity contribution in [3.8, 4) is 0 Å². The molecule has 16 heavy (non-hydrogen) atoms. The number of alkyl halides is 2. The van der Waals surface area contributed by atoms with Gasteiger partial charge in [0.05, 0.1) is 0 Å². The molecular weight excluding hydrogens is 216 g/mol. The minimum Gasteiger partial charge on any atom is -0.481 e. The first-order chi connectivity index (χ1) is 7.50. The second-order valence-electron chi connectivity index (χ2n) is 3.51. The molecule has 0 saturated heterocycles. The number of aliphatic carboxylic acids is 1. The van der Waals surface area contributed by atoms with E-state index in [-0.39, 0.29) is 12.0 Å². The van der Waals surface area contributed by atoms with E-state index in [1.807, 2.05) is 0 Å². The van der Waals surface area contributed by atoms with Crippen LogP contribution in [0.25, 0.3) is 0 Å². The summed E-state index contributed by atoms with van der Waals surface area (Å²) in [6.07, 6.45) is -2.23. The van der Waals surface area contributed by atoms with Crippen molar-refractivity contribution >= 4 is 5.97 Å². The third kappa shape index (κ3) is 3.58. The van der Waals surface area contributed by atoms with Gasteiger partial charge in [-0.25, -0.2) is 8.78 Å². The molecule has 3 N–H and O–H groups in total. The summed E-state index contributed by atoms with van der Waals surface area (Å²) in [7, 11) is 0. The number of carboxylic acids is 1. The highest BCUT2D eigenvalue weighted by Gasteiger charge is 2.10. The molecule has 0 aromatic heterocycles. The van der Waals surface area contributed by atoms with Crippen LogP contribution in [0.5, 0.6) is 0 Å². The molecule has 3 nitrogen and oxygen atoms in total. The lowest BCUT2D eigenvalue weighted by Crippen LogP contribution is -2.12. The Balaban J connectivity index is 2.62. The molecule has 0 spiro atoms. The van der Waals surface area contributed by atoms with Crippen molar-refractivity contribution in [1.82, 2.24) is 0 Å². The molecule has 1 unspecified atom stereocenters. The fourth-order valence-electron chi connectivity index (χ4n) is 1.33. The van der Waals surface area contributed by atoms with Crippen LogP contribution in [0.3, 0.4) is 0 Å². The Morgan fingerprint density at radius 2 is 1.75 bits per heavy atom. The first-order valence-corrected chi connectivity index (χ1v) is 4.86. The van der Waals surface area contributed by atoms with Gasteiger partial charge in [0.25, 0.3) is 6.43 Å². The van der Waals surface area contributed by atoms with Gasteiger partial charge in [-0.1, -0.05) is 24.3 Å². The number of carboxylic acid groups (broad SMARTS) is 1. The Kier molecular flexibility index (Phi) is 4.37. The number of nitrogens with two attached hydrogens (primary N) is 1. The summed E-state index contributed by atoms with van der Waals surface area (Å²) in [5.74, 6) is -0.917. The van der Waals surface area contributed by atoms with Crippen molar-refractivity contribution in [3.63, 3.8) is 0 Å². The van der Waals surface area contributed by atoms with E-state index in [2.05, 4.69) is 0 Å². The van der Waals surface area contributed by atoms with Gasteiger partial charge in [-0.05, 0) is 12.0 Å². The molecule has 0 fully saturated rings. The molecule has 1 atom stereocenters. The van der Waals surface area contributed by atoms with Crippen LogP contribution in [-0.2, 0) is 4.79 Å². The molecule has 0 amide bonds. The van der Waals surface area contributed by atoms with Crippen LogP contribution in [-0.4, -0.2) is 11.1 Å². The summed E-state index contributed by atoms with van der Waals surface area (Å²) in [5.41, 5.74) is 6.33. The van der Waals surface area contributed by atoms with Crippen molar-refractivity contribution in [2.45, 2.75) is 25.3 Å². The zero-order valence-corrected chi connectivity index (χ0v) is 8.57. The molecule has 1 rings (SSSR count). The number of rotatable bonds is 5. The van der Waals surface area contributed by atoms with Gasteiger partial charge in [0.2, 0.25) is 0 Å². The summed E-state index contributed by atoms with van der Waals surface area (Å²) in [6, 6.07) is 5.20. The van der Waals surface area contributed by atoms with E-state index in [1.54, 1.807) is 0 Å². The van der Waals surface area contributed by atoms with Crippen LogP contribution >= 0.6 is 0 Å². The first kappa shape index (κ1) is 12.6. The van der Waals surface area contributed by atoms with E-state index in [9.17, 15) is 13.6 Å². The minimum absolute atomic E-state index is 0.0300. The lowest BCUT2D eigenvalue weighted by molar-refractivity contribution is -0.137. The molecule has 0 aliphatic rings. The van der Waals surface area contributed by atoms with Crippen molar-refractivity contribution in [3.05, 3.63) is 35.4 Å². The fourth-order valence-corrected chi connectivity index (χ4v) is 1.33. The SMILES string of the molecule is NC(CCC(=O)O)c1ccc(C(F)F)cc1. The molecular formula is C11H13F2NO2. The molecule has 0 aliphatic carbocycles. The zero-order chi connectivity index (χ0) is 12.1. The molecule has 5 heteroatoms. The summed E-state index contributed by atoms with van der Waals surface area (Å²) in [5, 5.41) is 8.47. The predicted octanol–water partition coefficient (Wildman–Crippen LogP) is 2.49. The quantitative estimate of drug-likeness (QED) is 0.815. The van der Waals surface area contributed by atoms with Gasteiger partial charge in [0.1, 0.15) is 0 Å². The Morgan fingerprint density at radius 3 is 2.19 bits per heavy atom. The van der Waals surface area contributed by atoms with Gasteiger partial charge in [-0.15, -0.1) is 0 Å². The van der Waals surface area contributed by atoms with Crippen molar-refractivity contribution in [1.29, 1.82) is 0 Å². The Bertz CT molecular complexity index is 352. The number of benzene rings is 1. The minimum atomic E-state index is -2.50. The number of hydrogen-bond acceptors (Lipinski definition) is 2. The number of carbonyl (C=O) groups is 1. The average molecular weight is 229 g/mol. The van der Waals surface area contributed by atoms with Gasteiger partial charge < -0.3 is 10.8 Å². The van der Waals surface area contributed by atoms with Crippen LogP contribution in [0.1, 0.15) is 36.4 Å². The lowest BCUT2D eigenvalue weighted by Gasteiger charge is -2.11. The lowest BCUT2D eigenvalue weighted by atomic mass is 10.0. The van der Waals surface area contributed by atoms with E-state index in [0.717, 1.165) is 0 Å². The van der Waals surface area contributed by atoms with Crippen LogP contribution in [0, 0.1) is 0 Å². The van der Waals surface area contributed by atoms with Gasteiger partial charge in [-0.3, -0.25) is 4.79 Å². The van der Waals surface area contributed by atoms with Crippen molar-refractivity contribution in [2.75, 3.05) is 0 Å². The second kappa shape index (κ2) is 5.55. The van der Waals surface area contributed by atoms with Crippen molar-refractivity contribution < 1.29 is 18.7 Å². The maximum absolute atomic E-state index is 12.2. The zero-order valence-electron chi connectivity index (χ0n) is 8.57. The van der Waals surface area contributed by atoms with E-state index < -0.39 is 18.4 Å². The average Bonchev–Trinajstić information content (AvgIpc) is 2.26. The van der Waals surface area contributed by atoms with Crippen LogP contribution < -0.4 is 5.73 Å². The van der Waals surface area contributed by atoms with Gasteiger partial charge >= 0.3 is 5.97 Å². The van der Waals surface area contributed by atoms with Gasteiger partial charge in [-0.2, -0.15) is 0 Å². The topological polar surface area (TPSA) is 63.3 Å². The smallest absolute Gasteiger partial charge is 0.303 e. The highest BCUT2D eigenvalue weighted by molar-refractivity contribution is 5.66. The van der Waals surface area contributed by atoms with Gasteiger partial charge in [0.15, 0.2) is 0 Å². The molecule has 1 aromatic rings. The Labute approximate surface area is 91.9 Å². The second-order valence-corrected chi connectivity index (χ2v) is 3.51. The van der Waals surface area contributed by atoms with E-state index in [4.69, 9.17) is 10.8 Å². The maximum Gasteiger partial charge on any atom is 0.303 e. The summed E-state index contributed by atoms with van der Waals surface area (Å²) < 4.78 is 24.5. The van der Waals surface area contributed by atoms with Crippen LogP contribution in [0.2, 0.25) is 0 Å². The third-order valence-electron chi connectivity index (χ3n) is 2.29. The Hall–Kier alpha value is -1.49. The standard InChI is InChI=1S/C11H13F2NO2/c12-11(13)8-3-1-7(2-4-8)9(14)5-6-10(15)16/h1-4,9,11H,5-6,14H2,(H,15,16). The molecule has 1 aromatic carbocycles. The highest BCUT2D eigenvalue weighted by atomic mass is 19.3. The molecule has 88 valence electrons. The number of hydrogen-bond donors (Lipinski definition) is 2. The summed E-state index contributed by atoms with van der Waals surface area (Å²) in [4.78, 5) is 10.3. The Morgan fingerprint density at radius 1 is 1.25 bits per heavy atom. The monoisotopic (exact) mass is 229 g/mol. The predicted molar refractivity (Wildman–Crippen MR) is 55.2 cm³/mol. The third-order valence-corrected chi connectivity index (χ3v) is 2.29. The van der Waals surface area contributed by atoms with Crippen molar-refractivity contribution in [2.24, 2.45) is 5.73 Å². The van der Waals surface area contributed by atoms with Crippen LogP contribution in [0.15, 0.2) is 24.3 Å². The number of halogens is 2.